The van der Waals surface area contributed by atoms with Crippen LogP contribution in [0.2, 0.25) is 10.0 Å². The van der Waals surface area contributed by atoms with Gasteiger partial charge >= 0.3 is 0 Å². The standard InChI is InChI=1S/C21H19Cl2N7O3/c1-4-14(31)29-8-7-11(9-29)30-19-15(18(24)25-10-26-19)13(28-30)6-5-12-16(22)20(32-2)27-21(33-3)17(12)23/h4,10-11H,1,7-9H2,2-3H3,(H2,24,25,26)/t11-/m0/s1. The van der Waals surface area contributed by atoms with Crippen LogP contribution in [0.1, 0.15) is 23.7 Å². The van der Waals surface area contributed by atoms with Crippen molar-refractivity contribution in [3.8, 4) is 23.6 Å². The van der Waals surface area contributed by atoms with Gasteiger partial charge < -0.3 is 20.1 Å². The minimum atomic E-state index is -0.131. The van der Waals surface area contributed by atoms with Crippen molar-refractivity contribution < 1.29 is 14.3 Å². The molecular formula is C21H19Cl2N7O3. The molecule has 3 aromatic rings. The molecule has 1 amide bonds. The zero-order valence-corrected chi connectivity index (χ0v) is 19.3. The molecule has 170 valence electrons. The number of nitrogens with two attached hydrogens (primary N) is 1. The Morgan fingerprint density at radius 1 is 1.24 bits per heavy atom. The summed E-state index contributed by atoms with van der Waals surface area (Å²) < 4.78 is 12.1. The predicted octanol–water partition coefficient (Wildman–Crippen LogP) is 2.49. The molecular weight excluding hydrogens is 469 g/mol. The maximum Gasteiger partial charge on any atom is 0.246 e. The van der Waals surface area contributed by atoms with Gasteiger partial charge in [-0.25, -0.2) is 14.6 Å². The first kappa shape index (κ1) is 22.6. The van der Waals surface area contributed by atoms with Crippen LogP contribution >= 0.6 is 23.2 Å². The topological polar surface area (TPSA) is 121 Å². The van der Waals surface area contributed by atoms with Crippen LogP contribution in [0.4, 0.5) is 5.82 Å². The summed E-state index contributed by atoms with van der Waals surface area (Å²) in [6.07, 6.45) is 3.36. The Balaban J connectivity index is 1.82. The lowest BCUT2D eigenvalue weighted by molar-refractivity contribution is -0.125. The summed E-state index contributed by atoms with van der Waals surface area (Å²) in [5.41, 5.74) is 7.27. The molecule has 4 heterocycles. The van der Waals surface area contributed by atoms with Gasteiger partial charge in [0.1, 0.15) is 27.9 Å². The fraction of sp³-hybridized carbons (Fsp3) is 0.286. The van der Waals surface area contributed by atoms with E-state index in [4.69, 9.17) is 38.4 Å². The average molecular weight is 488 g/mol. The molecule has 1 fully saturated rings. The molecule has 1 aliphatic heterocycles. The highest BCUT2D eigenvalue weighted by Crippen LogP contribution is 2.37. The Hall–Kier alpha value is -3.55. The lowest BCUT2D eigenvalue weighted by Crippen LogP contribution is -2.27. The second-order valence-electron chi connectivity index (χ2n) is 7.06. The van der Waals surface area contributed by atoms with Crippen LogP contribution in [-0.2, 0) is 4.79 Å². The van der Waals surface area contributed by atoms with Crippen LogP contribution in [0, 0.1) is 11.8 Å². The van der Waals surface area contributed by atoms with E-state index in [1.54, 1.807) is 9.58 Å². The van der Waals surface area contributed by atoms with Crippen molar-refractivity contribution in [1.82, 2.24) is 29.6 Å². The molecule has 0 unspecified atom stereocenters. The van der Waals surface area contributed by atoms with E-state index in [-0.39, 0.29) is 45.1 Å². The summed E-state index contributed by atoms with van der Waals surface area (Å²) in [4.78, 5) is 26.2. The number of halogens is 2. The van der Waals surface area contributed by atoms with Gasteiger partial charge in [0.25, 0.3) is 0 Å². The number of likely N-dealkylation sites (tertiary alicyclic amines) is 1. The molecule has 0 aromatic carbocycles. The number of carbonyl (C=O) groups excluding carboxylic acids is 1. The molecule has 0 saturated carbocycles. The van der Waals surface area contributed by atoms with Gasteiger partial charge in [-0.2, -0.15) is 10.1 Å². The van der Waals surface area contributed by atoms with Crippen LogP contribution in [0.25, 0.3) is 11.0 Å². The number of fused-ring (bicyclic) bond motifs is 1. The van der Waals surface area contributed by atoms with E-state index in [0.717, 1.165) is 0 Å². The fourth-order valence-corrected chi connectivity index (χ4v) is 4.18. The second-order valence-corrected chi connectivity index (χ2v) is 7.82. The van der Waals surface area contributed by atoms with Gasteiger partial charge in [-0.1, -0.05) is 35.7 Å². The van der Waals surface area contributed by atoms with Crippen LogP contribution < -0.4 is 15.2 Å². The molecule has 1 atom stereocenters. The first-order chi connectivity index (χ1) is 15.9. The van der Waals surface area contributed by atoms with E-state index in [1.807, 2.05) is 0 Å². The number of nitrogens with zero attached hydrogens (tertiary/aromatic N) is 6. The molecule has 33 heavy (non-hydrogen) atoms. The summed E-state index contributed by atoms with van der Waals surface area (Å²) in [5.74, 6) is 6.25. The first-order valence-corrected chi connectivity index (χ1v) is 10.5. The lowest BCUT2D eigenvalue weighted by Gasteiger charge is -2.14. The van der Waals surface area contributed by atoms with Crippen molar-refractivity contribution in [1.29, 1.82) is 0 Å². The van der Waals surface area contributed by atoms with Crippen molar-refractivity contribution in [2.45, 2.75) is 12.5 Å². The maximum absolute atomic E-state index is 12.0. The van der Waals surface area contributed by atoms with Crippen molar-refractivity contribution >= 4 is 46.0 Å². The Morgan fingerprint density at radius 3 is 2.58 bits per heavy atom. The van der Waals surface area contributed by atoms with E-state index in [0.29, 0.717) is 36.2 Å². The Kier molecular flexibility index (Phi) is 6.26. The number of anilines is 1. The quantitative estimate of drug-likeness (QED) is 0.439. The number of nitrogen functional groups attached to an aromatic ring is 1. The molecule has 0 aliphatic carbocycles. The highest BCUT2D eigenvalue weighted by molar-refractivity contribution is 6.38. The van der Waals surface area contributed by atoms with Crippen molar-refractivity contribution in [2.24, 2.45) is 0 Å². The summed E-state index contributed by atoms with van der Waals surface area (Å²) in [5, 5.41) is 5.42. The van der Waals surface area contributed by atoms with Crippen LogP contribution in [0.15, 0.2) is 19.0 Å². The number of carbonyl (C=O) groups is 1. The van der Waals surface area contributed by atoms with Crippen LogP contribution in [-0.4, -0.2) is 62.8 Å². The smallest absolute Gasteiger partial charge is 0.246 e. The Morgan fingerprint density at radius 2 is 1.94 bits per heavy atom. The van der Waals surface area contributed by atoms with E-state index < -0.39 is 0 Å². The third-order valence-corrected chi connectivity index (χ3v) is 5.93. The summed E-state index contributed by atoms with van der Waals surface area (Å²) >= 11 is 12.8. The minimum absolute atomic E-state index is 0.102. The van der Waals surface area contributed by atoms with Gasteiger partial charge in [0.2, 0.25) is 17.7 Å². The number of ether oxygens (including phenoxy) is 2. The highest BCUT2D eigenvalue weighted by Gasteiger charge is 2.29. The fourth-order valence-electron chi connectivity index (χ4n) is 3.61. The normalized spacial score (nSPS) is 15.3. The van der Waals surface area contributed by atoms with Gasteiger partial charge in [-0.05, 0) is 18.4 Å². The highest BCUT2D eigenvalue weighted by atomic mass is 35.5. The number of rotatable bonds is 4. The summed E-state index contributed by atoms with van der Waals surface area (Å²) in [7, 11) is 2.85. The van der Waals surface area contributed by atoms with Gasteiger partial charge in [-0.3, -0.25) is 4.79 Å². The number of hydrogen-bond acceptors (Lipinski definition) is 8. The van der Waals surface area contributed by atoms with Crippen molar-refractivity contribution in [2.75, 3.05) is 33.0 Å². The van der Waals surface area contributed by atoms with Crippen LogP contribution in [0.5, 0.6) is 11.8 Å². The predicted molar refractivity (Wildman–Crippen MR) is 124 cm³/mol. The largest absolute Gasteiger partial charge is 0.480 e. The number of hydrogen-bond donors (Lipinski definition) is 1. The number of methoxy groups -OCH3 is 2. The molecule has 10 nitrogen and oxygen atoms in total. The molecule has 3 aromatic heterocycles. The van der Waals surface area contributed by atoms with E-state index >= 15 is 0 Å². The third-order valence-electron chi connectivity index (χ3n) is 5.22. The molecule has 0 spiro atoms. The molecule has 0 radical (unpaired) electrons. The van der Waals surface area contributed by atoms with Gasteiger partial charge in [-0.15, -0.1) is 0 Å². The number of pyridine rings is 1. The minimum Gasteiger partial charge on any atom is -0.480 e. The third kappa shape index (κ3) is 4.01. The van der Waals surface area contributed by atoms with E-state index in [9.17, 15) is 4.79 Å². The molecule has 0 bridgehead atoms. The monoisotopic (exact) mass is 487 g/mol. The van der Waals surface area contributed by atoms with E-state index in [2.05, 4.69) is 38.5 Å². The summed E-state index contributed by atoms with van der Waals surface area (Å²) in [6.45, 7) is 4.60. The lowest BCUT2D eigenvalue weighted by atomic mass is 10.2. The zero-order valence-electron chi connectivity index (χ0n) is 17.8. The first-order valence-electron chi connectivity index (χ1n) is 9.78. The number of aromatic nitrogens is 5. The second kappa shape index (κ2) is 9.13. The van der Waals surface area contributed by atoms with Crippen molar-refractivity contribution in [3.63, 3.8) is 0 Å². The molecule has 1 aliphatic rings. The average Bonchev–Trinajstić information content (AvgIpc) is 3.44. The molecule has 12 heteroatoms. The molecule has 2 N–H and O–H groups in total. The Bertz CT molecular complexity index is 1300. The zero-order chi connectivity index (χ0) is 23.7. The van der Waals surface area contributed by atoms with Gasteiger partial charge in [0.05, 0.1) is 31.2 Å². The molecule has 4 rings (SSSR count). The SMILES string of the molecule is C=CC(=O)N1CC[C@H](n2nc(C#Cc3c(Cl)c(OC)nc(OC)c3Cl)c3c(N)ncnc32)C1. The van der Waals surface area contributed by atoms with Gasteiger partial charge in [0, 0.05) is 13.1 Å². The Labute approximate surface area is 199 Å². The van der Waals surface area contributed by atoms with E-state index in [1.165, 1.54) is 26.6 Å². The maximum atomic E-state index is 12.0. The van der Waals surface area contributed by atoms with Gasteiger partial charge in [0.15, 0.2) is 5.65 Å². The molecule has 1 saturated heterocycles. The van der Waals surface area contributed by atoms with Crippen molar-refractivity contribution in [3.05, 3.63) is 40.3 Å². The van der Waals surface area contributed by atoms with Crippen LogP contribution in [0.3, 0.4) is 0 Å². The summed E-state index contributed by atoms with van der Waals surface area (Å²) in [6, 6.07) is -0.102. The number of amides is 1.